The zero-order valence-corrected chi connectivity index (χ0v) is 17.8. The van der Waals surface area contributed by atoms with Gasteiger partial charge in [0, 0.05) is 13.1 Å². The van der Waals surface area contributed by atoms with Crippen LogP contribution in [0.5, 0.6) is 0 Å². The summed E-state index contributed by atoms with van der Waals surface area (Å²) in [6, 6.07) is -0.596. The first-order valence-corrected chi connectivity index (χ1v) is 11.4. The first-order chi connectivity index (χ1) is 14.4. The van der Waals surface area contributed by atoms with Gasteiger partial charge in [0.1, 0.15) is 6.04 Å². The topological polar surface area (TPSA) is 105 Å². The molecule has 4 aliphatic carbocycles. The van der Waals surface area contributed by atoms with E-state index in [9.17, 15) is 19.2 Å². The number of ether oxygens (including phenoxy) is 1. The molecule has 2 N–H and O–H groups in total. The second-order valence-electron chi connectivity index (χ2n) is 9.69. The Bertz CT molecular complexity index is 686. The fourth-order valence-corrected chi connectivity index (χ4v) is 6.65. The van der Waals surface area contributed by atoms with Gasteiger partial charge in [0.25, 0.3) is 5.91 Å². The van der Waals surface area contributed by atoms with Gasteiger partial charge in [-0.25, -0.2) is 4.79 Å². The second-order valence-corrected chi connectivity index (χ2v) is 9.69. The van der Waals surface area contributed by atoms with Gasteiger partial charge in [-0.1, -0.05) is 0 Å². The molecule has 8 nitrogen and oxygen atoms in total. The maximum atomic E-state index is 13.6. The van der Waals surface area contributed by atoms with Crippen LogP contribution in [0.3, 0.4) is 0 Å². The van der Waals surface area contributed by atoms with Crippen LogP contribution in [0.2, 0.25) is 0 Å². The Morgan fingerprint density at radius 2 is 1.60 bits per heavy atom. The molecule has 0 unspecified atom stereocenters. The normalized spacial score (nSPS) is 34.0. The molecule has 30 heavy (non-hydrogen) atoms. The predicted octanol–water partition coefficient (Wildman–Crippen LogP) is 0.989. The van der Waals surface area contributed by atoms with Crippen molar-refractivity contribution >= 4 is 23.7 Å². The highest BCUT2D eigenvalue weighted by atomic mass is 16.5. The van der Waals surface area contributed by atoms with Gasteiger partial charge in [-0.2, -0.15) is 0 Å². The molecule has 4 saturated carbocycles. The minimum Gasteiger partial charge on any atom is -0.454 e. The summed E-state index contributed by atoms with van der Waals surface area (Å²) in [5.74, 6) is 0.817. The number of hydrogen-bond donors (Lipinski definition) is 2. The fourth-order valence-electron chi connectivity index (χ4n) is 6.65. The van der Waals surface area contributed by atoms with Crippen molar-refractivity contribution in [1.29, 1.82) is 0 Å². The lowest BCUT2D eigenvalue weighted by Gasteiger charge is -2.56. The van der Waals surface area contributed by atoms with Crippen molar-refractivity contribution in [2.75, 3.05) is 26.2 Å². The number of rotatable bonds is 7. The number of likely N-dealkylation sites (tertiary alicyclic amines) is 1. The highest BCUT2D eigenvalue weighted by Crippen LogP contribution is 2.60. The Morgan fingerprint density at radius 3 is 2.20 bits per heavy atom. The van der Waals surface area contributed by atoms with E-state index in [1.807, 2.05) is 0 Å². The van der Waals surface area contributed by atoms with Crippen molar-refractivity contribution < 1.29 is 23.9 Å². The molecular formula is C22H33N3O5. The van der Waals surface area contributed by atoms with E-state index in [4.69, 9.17) is 4.74 Å². The number of hydrogen-bond acceptors (Lipinski definition) is 5. The highest BCUT2D eigenvalue weighted by molar-refractivity contribution is 5.90. The molecule has 0 aromatic rings. The molecule has 166 valence electrons. The lowest BCUT2D eigenvalue weighted by molar-refractivity contribution is -0.166. The summed E-state index contributed by atoms with van der Waals surface area (Å²) in [6.07, 6.45) is 8.07. The monoisotopic (exact) mass is 419 g/mol. The SMILES string of the molecule is CCNC(=O)CNC(=O)COC(=O)[C@@H]1CCCN1C(=O)C12CC3CC(CC(C3)C1)C2. The quantitative estimate of drug-likeness (QED) is 0.599. The van der Waals surface area contributed by atoms with Crippen molar-refractivity contribution in [1.82, 2.24) is 15.5 Å². The number of carbonyl (C=O) groups excluding carboxylic acids is 4. The zero-order chi connectivity index (χ0) is 21.3. The Hall–Kier alpha value is -2.12. The molecule has 3 amide bonds. The van der Waals surface area contributed by atoms with Gasteiger partial charge in [0.15, 0.2) is 6.61 Å². The molecule has 8 heteroatoms. The van der Waals surface area contributed by atoms with Gasteiger partial charge in [-0.15, -0.1) is 0 Å². The summed E-state index contributed by atoms with van der Waals surface area (Å²) in [6.45, 7) is 2.28. The molecule has 5 aliphatic rings. The van der Waals surface area contributed by atoms with Crippen molar-refractivity contribution in [3.05, 3.63) is 0 Å². The van der Waals surface area contributed by atoms with Crippen molar-refractivity contribution in [3.63, 3.8) is 0 Å². The standard InChI is InChI=1S/C22H33N3O5/c1-2-23-18(26)12-24-19(27)13-30-20(28)17-4-3-5-25(17)21(29)22-9-14-6-15(10-22)8-16(7-14)11-22/h14-17H,2-13H2,1H3,(H,23,26)(H,24,27)/t14?,15?,16?,17-,22?/m0/s1. The largest absolute Gasteiger partial charge is 0.454 e. The summed E-state index contributed by atoms with van der Waals surface area (Å²) >= 11 is 0. The summed E-state index contributed by atoms with van der Waals surface area (Å²) in [5.41, 5.74) is -0.276. The van der Waals surface area contributed by atoms with Crippen molar-refractivity contribution in [2.24, 2.45) is 23.2 Å². The summed E-state index contributed by atoms with van der Waals surface area (Å²) < 4.78 is 5.20. The van der Waals surface area contributed by atoms with Crippen LogP contribution in [0.25, 0.3) is 0 Å². The van der Waals surface area contributed by atoms with Crippen LogP contribution >= 0.6 is 0 Å². The average Bonchev–Trinajstić information content (AvgIpc) is 3.19. The minimum absolute atomic E-state index is 0.140. The molecule has 5 fully saturated rings. The highest BCUT2D eigenvalue weighted by Gasteiger charge is 2.57. The van der Waals surface area contributed by atoms with Crippen LogP contribution in [-0.4, -0.2) is 60.9 Å². The third-order valence-corrected chi connectivity index (χ3v) is 7.44. The van der Waals surface area contributed by atoms with Crippen LogP contribution < -0.4 is 10.6 Å². The maximum absolute atomic E-state index is 13.6. The second kappa shape index (κ2) is 8.55. The molecule has 4 bridgehead atoms. The van der Waals surface area contributed by atoms with E-state index in [-0.39, 0.29) is 23.8 Å². The number of likely N-dealkylation sites (N-methyl/N-ethyl adjacent to an activating group) is 1. The minimum atomic E-state index is -0.596. The van der Waals surface area contributed by atoms with Crippen LogP contribution in [0.15, 0.2) is 0 Å². The van der Waals surface area contributed by atoms with E-state index >= 15 is 0 Å². The van der Waals surface area contributed by atoms with E-state index in [1.165, 1.54) is 19.3 Å². The Balaban J connectivity index is 1.31. The maximum Gasteiger partial charge on any atom is 0.329 e. The summed E-state index contributed by atoms with van der Waals surface area (Å²) in [4.78, 5) is 51.2. The Morgan fingerprint density at radius 1 is 0.967 bits per heavy atom. The van der Waals surface area contributed by atoms with Crippen LogP contribution in [0, 0.1) is 23.2 Å². The van der Waals surface area contributed by atoms with E-state index in [0.717, 1.165) is 25.7 Å². The lowest BCUT2D eigenvalue weighted by atomic mass is 9.49. The first kappa shape index (κ1) is 21.1. The first-order valence-electron chi connectivity index (χ1n) is 11.4. The van der Waals surface area contributed by atoms with Gasteiger partial charge in [0.05, 0.1) is 12.0 Å². The van der Waals surface area contributed by atoms with Crippen LogP contribution in [0.1, 0.15) is 58.3 Å². The van der Waals surface area contributed by atoms with Gasteiger partial charge < -0.3 is 20.3 Å². The van der Waals surface area contributed by atoms with Crippen molar-refractivity contribution in [3.8, 4) is 0 Å². The fraction of sp³-hybridized carbons (Fsp3) is 0.818. The number of amides is 3. The van der Waals surface area contributed by atoms with Gasteiger partial charge in [-0.3, -0.25) is 14.4 Å². The average molecular weight is 420 g/mol. The molecule has 1 aliphatic heterocycles. The number of nitrogens with one attached hydrogen (secondary N) is 2. The molecule has 1 saturated heterocycles. The molecule has 0 radical (unpaired) electrons. The Labute approximate surface area is 177 Å². The smallest absolute Gasteiger partial charge is 0.329 e. The van der Waals surface area contributed by atoms with Crippen LogP contribution in [-0.2, 0) is 23.9 Å². The third kappa shape index (κ3) is 4.18. The molecule has 0 spiro atoms. The molecule has 5 rings (SSSR count). The van der Waals surface area contributed by atoms with E-state index < -0.39 is 24.5 Å². The van der Waals surface area contributed by atoms with Gasteiger partial charge in [0.2, 0.25) is 11.8 Å². The molecule has 0 aromatic carbocycles. The van der Waals surface area contributed by atoms with E-state index in [1.54, 1.807) is 11.8 Å². The molecular weight excluding hydrogens is 386 g/mol. The zero-order valence-electron chi connectivity index (χ0n) is 17.8. The lowest BCUT2D eigenvalue weighted by Crippen LogP contribution is -2.56. The van der Waals surface area contributed by atoms with E-state index in [2.05, 4.69) is 10.6 Å². The number of carbonyl (C=O) groups is 4. The molecule has 1 atom stereocenters. The molecule has 0 aromatic heterocycles. The van der Waals surface area contributed by atoms with Crippen LogP contribution in [0.4, 0.5) is 0 Å². The van der Waals surface area contributed by atoms with Crippen molar-refractivity contribution in [2.45, 2.75) is 64.3 Å². The third-order valence-electron chi connectivity index (χ3n) is 7.44. The number of nitrogens with zero attached hydrogens (tertiary/aromatic N) is 1. The molecule has 1 heterocycles. The Kier molecular flexibility index (Phi) is 6.02. The van der Waals surface area contributed by atoms with Gasteiger partial charge >= 0.3 is 5.97 Å². The van der Waals surface area contributed by atoms with Gasteiger partial charge in [-0.05, 0) is 76.0 Å². The number of esters is 1. The predicted molar refractivity (Wildman–Crippen MR) is 108 cm³/mol. The summed E-state index contributed by atoms with van der Waals surface area (Å²) in [7, 11) is 0. The van der Waals surface area contributed by atoms with E-state index in [0.29, 0.717) is 37.3 Å². The summed E-state index contributed by atoms with van der Waals surface area (Å²) in [5, 5.41) is 5.00.